The molecule has 0 saturated heterocycles. The van der Waals surface area contributed by atoms with Crippen LogP contribution in [0.4, 0.5) is 15.8 Å². The van der Waals surface area contributed by atoms with Crippen LogP contribution in [0.5, 0.6) is 0 Å². The van der Waals surface area contributed by atoms with E-state index in [-0.39, 0.29) is 17.4 Å². The molecule has 0 N–H and O–H groups in total. The van der Waals surface area contributed by atoms with Crippen LogP contribution in [0.1, 0.15) is 33.5 Å². The highest BCUT2D eigenvalue weighted by atomic mass is 19.1. The average molecular weight is 328 g/mol. The second-order valence-corrected chi connectivity index (χ2v) is 6.05. The number of hydrogen-bond acceptors (Lipinski definition) is 3. The van der Waals surface area contributed by atoms with E-state index in [0.717, 1.165) is 29.7 Å². The lowest BCUT2D eigenvalue weighted by molar-refractivity contribution is -0.384. The normalized spacial score (nSPS) is 13.5. The molecule has 0 bridgehead atoms. The van der Waals surface area contributed by atoms with E-state index in [4.69, 9.17) is 0 Å². The number of non-ortho nitro benzene ring substituents is 1. The Morgan fingerprint density at radius 3 is 2.62 bits per heavy atom. The van der Waals surface area contributed by atoms with Gasteiger partial charge >= 0.3 is 0 Å². The van der Waals surface area contributed by atoms with Crippen LogP contribution < -0.4 is 4.90 Å². The highest BCUT2D eigenvalue weighted by molar-refractivity contribution is 6.08. The fourth-order valence-electron chi connectivity index (χ4n) is 3.27. The van der Waals surface area contributed by atoms with Crippen LogP contribution in [-0.4, -0.2) is 17.4 Å². The zero-order valence-electron chi connectivity index (χ0n) is 13.5. The second-order valence-electron chi connectivity index (χ2n) is 6.05. The summed E-state index contributed by atoms with van der Waals surface area (Å²) in [6.45, 7) is 4.02. The fraction of sp³-hybridized carbons (Fsp3) is 0.278. The molecule has 0 unspecified atom stereocenters. The Labute approximate surface area is 138 Å². The lowest BCUT2D eigenvalue weighted by Gasteiger charge is -2.31. The molecule has 0 spiro atoms. The van der Waals surface area contributed by atoms with Crippen molar-refractivity contribution in [3.8, 4) is 0 Å². The molecule has 6 heteroatoms. The maximum Gasteiger partial charge on any atom is 0.269 e. The molecule has 1 heterocycles. The molecule has 124 valence electrons. The van der Waals surface area contributed by atoms with Crippen LogP contribution in [0.3, 0.4) is 0 Å². The first kappa shape index (κ1) is 16.1. The van der Waals surface area contributed by atoms with Gasteiger partial charge in [-0.05, 0) is 61.6 Å². The quantitative estimate of drug-likeness (QED) is 0.619. The number of fused-ring (bicyclic) bond motifs is 1. The molecule has 0 aliphatic carbocycles. The van der Waals surface area contributed by atoms with E-state index in [1.54, 1.807) is 18.7 Å². The summed E-state index contributed by atoms with van der Waals surface area (Å²) >= 11 is 0. The van der Waals surface area contributed by atoms with Gasteiger partial charge in [-0.3, -0.25) is 14.9 Å². The fourth-order valence-corrected chi connectivity index (χ4v) is 3.27. The predicted octanol–water partition coefficient (Wildman–Crippen LogP) is 3.94. The summed E-state index contributed by atoms with van der Waals surface area (Å²) < 4.78 is 13.6. The second kappa shape index (κ2) is 6.03. The Kier molecular flexibility index (Phi) is 4.05. The van der Waals surface area contributed by atoms with Gasteiger partial charge < -0.3 is 4.90 Å². The maximum absolute atomic E-state index is 13.6. The Morgan fingerprint density at radius 1 is 1.21 bits per heavy atom. The first-order valence-corrected chi connectivity index (χ1v) is 7.74. The van der Waals surface area contributed by atoms with Crippen LogP contribution in [-0.2, 0) is 6.42 Å². The third-order valence-electron chi connectivity index (χ3n) is 4.34. The molecule has 2 aromatic carbocycles. The number of carbonyl (C=O) groups excluding carboxylic acids is 1. The summed E-state index contributed by atoms with van der Waals surface area (Å²) in [7, 11) is 0. The number of amides is 1. The van der Waals surface area contributed by atoms with Crippen molar-refractivity contribution in [3.63, 3.8) is 0 Å². The average Bonchev–Trinajstić information content (AvgIpc) is 2.53. The van der Waals surface area contributed by atoms with Gasteiger partial charge in [-0.2, -0.15) is 0 Å². The zero-order valence-corrected chi connectivity index (χ0v) is 13.5. The van der Waals surface area contributed by atoms with Gasteiger partial charge in [0.15, 0.2) is 0 Å². The van der Waals surface area contributed by atoms with E-state index in [0.29, 0.717) is 17.7 Å². The highest BCUT2D eigenvalue weighted by Gasteiger charge is 2.27. The molecular formula is C18H17FN2O3. The van der Waals surface area contributed by atoms with Crippen LogP contribution in [0.25, 0.3) is 0 Å². The minimum atomic E-state index is -0.482. The van der Waals surface area contributed by atoms with Gasteiger partial charge in [-0.15, -0.1) is 0 Å². The monoisotopic (exact) mass is 328 g/mol. The third kappa shape index (κ3) is 2.75. The topological polar surface area (TPSA) is 63.5 Å². The molecule has 5 nitrogen and oxygen atoms in total. The zero-order chi connectivity index (χ0) is 17.4. The van der Waals surface area contributed by atoms with Crippen molar-refractivity contribution in [2.24, 2.45) is 0 Å². The molecule has 1 amide bonds. The summed E-state index contributed by atoms with van der Waals surface area (Å²) in [5, 5.41) is 10.9. The first-order chi connectivity index (χ1) is 11.4. The molecule has 0 radical (unpaired) electrons. The van der Waals surface area contributed by atoms with Crippen molar-refractivity contribution in [1.82, 2.24) is 0 Å². The number of hydrogen-bond donors (Lipinski definition) is 0. The molecule has 0 saturated carbocycles. The van der Waals surface area contributed by atoms with Crippen molar-refractivity contribution in [2.45, 2.75) is 26.7 Å². The summed E-state index contributed by atoms with van der Waals surface area (Å²) in [5.74, 6) is -0.509. The number of anilines is 1. The van der Waals surface area contributed by atoms with E-state index in [2.05, 4.69) is 0 Å². The van der Waals surface area contributed by atoms with Crippen molar-refractivity contribution in [3.05, 3.63) is 68.5 Å². The van der Waals surface area contributed by atoms with E-state index >= 15 is 0 Å². The Hall–Kier alpha value is -2.76. The molecule has 24 heavy (non-hydrogen) atoms. The number of aryl methyl sites for hydroxylation is 3. The van der Waals surface area contributed by atoms with Crippen LogP contribution in [0.15, 0.2) is 30.3 Å². The number of rotatable bonds is 2. The summed E-state index contributed by atoms with van der Waals surface area (Å²) in [5.41, 5.74) is 3.24. The minimum absolute atomic E-state index is 0.0404. The van der Waals surface area contributed by atoms with Gasteiger partial charge in [0.2, 0.25) is 0 Å². The maximum atomic E-state index is 13.6. The van der Waals surface area contributed by atoms with Gasteiger partial charge in [-0.1, -0.05) is 0 Å². The predicted molar refractivity (Wildman–Crippen MR) is 89.0 cm³/mol. The Morgan fingerprint density at radius 2 is 1.96 bits per heavy atom. The number of halogens is 1. The molecule has 0 aromatic heterocycles. The smallest absolute Gasteiger partial charge is 0.269 e. The SMILES string of the molecule is Cc1cc([N+](=O)[O-])ccc1C(=O)N1CCCc2cc(F)cc(C)c21. The van der Waals surface area contributed by atoms with Crippen molar-refractivity contribution in [1.29, 1.82) is 0 Å². The molecule has 1 aliphatic rings. The van der Waals surface area contributed by atoms with Gasteiger partial charge in [0.1, 0.15) is 5.82 Å². The van der Waals surface area contributed by atoms with Crippen molar-refractivity contribution >= 4 is 17.3 Å². The summed E-state index contributed by atoms with van der Waals surface area (Å²) in [4.78, 5) is 25.0. The van der Waals surface area contributed by atoms with Gasteiger partial charge in [-0.25, -0.2) is 4.39 Å². The lowest BCUT2D eigenvalue weighted by atomic mass is 9.96. The Bertz CT molecular complexity index is 848. The van der Waals surface area contributed by atoms with Crippen LogP contribution >= 0.6 is 0 Å². The van der Waals surface area contributed by atoms with E-state index in [1.165, 1.54) is 30.3 Å². The van der Waals surface area contributed by atoms with E-state index < -0.39 is 4.92 Å². The molecule has 3 rings (SSSR count). The number of benzene rings is 2. The highest BCUT2D eigenvalue weighted by Crippen LogP contribution is 2.33. The van der Waals surface area contributed by atoms with E-state index in [1.807, 2.05) is 0 Å². The van der Waals surface area contributed by atoms with Crippen molar-refractivity contribution in [2.75, 3.05) is 11.4 Å². The molecule has 2 aromatic rings. The lowest BCUT2D eigenvalue weighted by Crippen LogP contribution is -2.36. The minimum Gasteiger partial charge on any atom is -0.308 e. The molecule has 0 atom stereocenters. The number of nitrogens with zero attached hydrogens (tertiary/aromatic N) is 2. The third-order valence-corrected chi connectivity index (χ3v) is 4.34. The number of carbonyl (C=O) groups is 1. The van der Waals surface area contributed by atoms with Gasteiger partial charge in [0, 0.05) is 24.2 Å². The molecule has 1 aliphatic heterocycles. The number of nitro groups is 1. The van der Waals surface area contributed by atoms with E-state index in [9.17, 15) is 19.3 Å². The summed E-state index contributed by atoms with van der Waals surface area (Å²) in [6.07, 6.45) is 1.49. The van der Waals surface area contributed by atoms with Gasteiger partial charge in [0.25, 0.3) is 11.6 Å². The first-order valence-electron chi connectivity index (χ1n) is 7.74. The summed E-state index contributed by atoms with van der Waals surface area (Å²) in [6, 6.07) is 7.12. The van der Waals surface area contributed by atoms with Crippen LogP contribution in [0.2, 0.25) is 0 Å². The van der Waals surface area contributed by atoms with Crippen molar-refractivity contribution < 1.29 is 14.1 Å². The van der Waals surface area contributed by atoms with Crippen LogP contribution in [0, 0.1) is 29.8 Å². The molecular weight excluding hydrogens is 311 g/mol. The molecule has 0 fully saturated rings. The Balaban J connectivity index is 2.03. The largest absolute Gasteiger partial charge is 0.308 e. The number of nitro benzene ring substituents is 1. The van der Waals surface area contributed by atoms with Gasteiger partial charge in [0.05, 0.1) is 10.6 Å². The standard InChI is InChI=1S/C18H17FN2O3/c1-11-9-15(21(23)24)5-6-16(11)18(22)20-7-3-4-13-10-14(19)8-12(2)17(13)20/h5-6,8-10H,3-4,7H2,1-2H3.